The monoisotopic (exact) mass is 414 g/mol. The Morgan fingerprint density at radius 2 is 1.94 bits per heavy atom. The third kappa shape index (κ3) is 4.48. The molecule has 0 aliphatic heterocycles. The average molecular weight is 414 g/mol. The van der Waals surface area contributed by atoms with Gasteiger partial charge >= 0.3 is 5.63 Å². The van der Waals surface area contributed by atoms with Gasteiger partial charge in [-0.15, -0.1) is 0 Å². The maximum absolute atomic E-state index is 12.5. The minimum atomic E-state index is -0.725. The van der Waals surface area contributed by atoms with E-state index in [1.54, 1.807) is 25.4 Å². The molecule has 0 aliphatic rings. The van der Waals surface area contributed by atoms with Crippen molar-refractivity contribution in [2.24, 2.45) is 0 Å². The molecular weight excluding hydrogens is 392 g/mol. The molecule has 0 saturated carbocycles. The molecule has 0 saturated heterocycles. The van der Waals surface area contributed by atoms with Crippen molar-refractivity contribution in [1.82, 2.24) is 10.3 Å². The Morgan fingerprint density at radius 3 is 2.68 bits per heavy atom. The topological polar surface area (TPSA) is 81.4 Å². The van der Waals surface area contributed by atoms with Gasteiger partial charge < -0.3 is 14.5 Å². The highest BCUT2D eigenvalue weighted by atomic mass is 16.5. The smallest absolute Gasteiger partial charge is 0.336 e. The minimum absolute atomic E-state index is 0.247. The normalized spacial score (nSPS) is 11.8. The molecule has 31 heavy (non-hydrogen) atoms. The van der Waals surface area contributed by atoms with E-state index in [-0.39, 0.29) is 5.91 Å². The van der Waals surface area contributed by atoms with Gasteiger partial charge in [-0.25, -0.2) is 4.79 Å². The molecule has 156 valence electrons. The van der Waals surface area contributed by atoms with Crippen molar-refractivity contribution in [2.75, 3.05) is 0 Å². The fourth-order valence-corrected chi connectivity index (χ4v) is 3.41. The van der Waals surface area contributed by atoms with Gasteiger partial charge in [0.25, 0.3) is 5.91 Å². The van der Waals surface area contributed by atoms with E-state index in [2.05, 4.69) is 10.3 Å². The number of hydrogen-bond acceptors (Lipinski definition) is 5. The second kappa shape index (κ2) is 8.83. The second-order valence-corrected chi connectivity index (χ2v) is 7.25. The Hall–Kier alpha value is -3.93. The number of carbonyl (C=O) groups excluding carboxylic acids is 1. The lowest BCUT2D eigenvalue weighted by Gasteiger charge is -2.17. The molecule has 0 bridgehead atoms. The van der Waals surface area contributed by atoms with Crippen LogP contribution >= 0.6 is 0 Å². The number of nitrogens with one attached hydrogen (secondary N) is 1. The maximum atomic E-state index is 12.5. The molecule has 0 aliphatic carbocycles. The Labute approximate surface area is 179 Å². The number of hydrogen-bond donors (Lipinski definition) is 1. The fraction of sp³-hybridized carbons (Fsp3) is 0.160. The van der Waals surface area contributed by atoms with Gasteiger partial charge in [-0.05, 0) is 48.7 Å². The number of aryl methyl sites for hydroxylation is 1. The van der Waals surface area contributed by atoms with Crippen molar-refractivity contribution in [3.63, 3.8) is 0 Å². The highest BCUT2D eigenvalue weighted by molar-refractivity contribution is 5.95. The summed E-state index contributed by atoms with van der Waals surface area (Å²) in [4.78, 5) is 28.7. The first kappa shape index (κ1) is 20.3. The highest BCUT2D eigenvalue weighted by Gasteiger charge is 2.18. The van der Waals surface area contributed by atoms with Crippen LogP contribution < -0.4 is 15.7 Å². The van der Waals surface area contributed by atoms with Crippen molar-refractivity contribution in [3.8, 4) is 16.9 Å². The molecule has 1 amide bonds. The summed E-state index contributed by atoms with van der Waals surface area (Å²) in [7, 11) is 0. The average Bonchev–Trinajstić information content (AvgIpc) is 2.80. The van der Waals surface area contributed by atoms with Gasteiger partial charge in [0.2, 0.25) is 0 Å². The zero-order valence-electron chi connectivity index (χ0n) is 17.3. The van der Waals surface area contributed by atoms with Crippen LogP contribution in [0.3, 0.4) is 0 Å². The summed E-state index contributed by atoms with van der Waals surface area (Å²) in [5, 5.41) is 3.65. The van der Waals surface area contributed by atoms with E-state index in [9.17, 15) is 9.59 Å². The van der Waals surface area contributed by atoms with Crippen LogP contribution in [0.25, 0.3) is 22.1 Å². The van der Waals surface area contributed by atoms with Gasteiger partial charge in [-0.2, -0.15) is 0 Å². The van der Waals surface area contributed by atoms with Crippen LogP contribution in [0, 0.1) is 6.92 Å². The summed E-state index contributed by atoms with van der Waals surface area (Å²) in [5.41, 5.74) is 3.31. The predicted octanol–water partition coefficient (Wildman–Crippen LogP) is 4.25. The van der Waals surface area contributed by atoms with Crippen LogP contribution in [0.5, 0.6) is 5.75 Å². The first-order valence-corrected chi connectivity index (χ1v) is 9.99. The SMILES string of the molecule is Cc1c(O[C@@H](C)C(=O)NCc2cccnc2)ccc2c(-c3ccccc3)cc(=O)oc12. The third-order valence-electron chi connectivity index (χ3n) is 5.06. The molecule has 1 atom stereocenters. The third-order valence-corrected chi connectivity index (χ3v) is 5.06. The van der Waals surface area contributed by atoms with E-state index >= 15 is 0 Å². The summed E-state index contributed by atoms with van der Waals surface area (Å²) in [6.45, 7) is 3.86. The van der Waals surface area contributed by atoms with Crippen molar-refractivity contribution >= 4 is 16.9 Å². The molecule has 0 fully saturated rings. The predicted molar refractivity (Wildman–Crippen MR) is 119 cm³/mol. The van der Waals surface area contributed by atoms with Gasteiger partial charge in [0.15, 0.2) is 6.10 Å². The van der Waals surface area contributed by atoms with E-state index < -0.39 is 11.7 Å². The van der Waals surface area contributed by atoms with Crippen LogP contribution in [0.1, 0.15) is 18.1 Å². The molecule has 6 heteroatoms. The lowest BCUT2D eigenvalue weighted by molar-refractivity contribution is -0.127. The number of rotatable bonds is 6. The lowest BCUT2D eigenvalue weighted by Crippen LogP contribution is -2.36. The molecule has 4 rings (SSSR count). The number of ether oxygens (including phenoxy) is 1. The second-order valence-electron chi connectivity index (χ2n) is 7.25. The van der Waals surface area contributed by atoms with E-state index in [4.69, 9.17) is 9.15 Å². The molecule has 6 nitrogen and oxygen atoms in total. The van der Waals surface area contributed by atoms with Crippen molar-refractivity contribution in [3.05, 3.63) is 94.6 Å². The van der Waals surface area contributed by atoms with E-state index in [0.717, 1.165) is 22.1 Å². The molecule has 2 heterocycles. The van der Waals surface area contributed by atoms with Crippen molar-refractivity contribution in [1.29, 1.82) is 0 Å². The molecular formula is C25H22N2O4. The van der Waals surface area contributed by atoms with Gasteiger partial charge in [0.05, 0.1) is 0 Å². The number of benzene rings is 2. The highest BCUT2D eigenvalue weighted by Crippen LogP contribution is 2.33. The van der Waals surface area contributed by atoms with Crippen LogP contribution in [0.2, 0.25) is 0 Å². The minimum Gasteiger partial charge on any atom is -0.480 e. The summed E-state index contributed by atoms with van der Waals surface area (Å²) >= 11 is 0. The summed E-state index contributed by atoms with van der Waals surface area (Å²) < 4.78 is 11.4. The summed E-state index contributed by atoms with van der Waals surface area (Å²) in [6.07, 6.45) is 2.66. The maximum Gasteiger partial charge on any atom is 0.336 e. The number of carbonyl (C=O) groups is 1. The quantitative estimate of drug-likeness (QED) is 0.477. The van der Waals surface area contributed by atoms with Crippen molar-refractivity contribution < 1.29 is 13.9 Å². The number of aromatic nitrogens is 1. The number of amides is 1. The Morgan fingerprint density at radius 1 is 1.13 bits per heavy atom. The first-order chi connectivity index (χ1) is 15.0. The van der Waals surface area contributed by atoms with Gasteiger partial charge in [-0.1, -0.05) is 36.4 Å². The molecule has 4 aromatic rings. The molecule has 2 aromatic heterocycles. The van der Waals surface area contributed by atoms with Gasteiger partial charge in [-0.3, -0.25) is 9.78 Å². The van der Waals surface area contributed by atoms with Gasteiger partial charge in [0.1, 0.15) is 11.3 Å². The molecule has 0 unspecified atom stereocenters. The fourth-order valence-electron chi connectivity index (χ4n) is 3.41. The van der Waals surface area contributed by atoms with Crippen LogP contribution in [-0.2, 0) is 11.3 Å². The molecule has 0 spiro atoms. The van der Waals surface area contributed by atoms with Crippen LogP contribution in [0.4, 0.5) is 0 Å². The Bertz CT molecular complexity index is 1270. The molecule has 0 radical (unpaired) electrons. The molecule has 1 N–H and O–H groups in total. The van der Waals surface area contributed by atoms with E-state index in [1.807, 2.05) is 55.5 Å². The summed E-state index contributed by atoms with van der Waals surface area (Å²) in [6, 6.07) is 18.5. The first-order valence-electron chi connectivity index (χ1n) is 9.99. The van der Waals surface area contributed by atoms with Gasteiger partial charge in [0, 0.05) is 36.0 Å². The van der Waals surface area contributed by atoms with E-state index in [1.165, 1.54) is 6.07 Å². The van der Waals surface area contributed by atoms with Crippen LogP contribution in [-0.4, -0.2) is 17.0 Å². The number of nitrogens with zero attached hydrogens (tertiary/aromatic N) is 1. The standard InChI is InChI=1S/C25H22N2O4/c1-16-22(30-17(2)25(29)27-15-18-7-6-12-26-14-18)11-10-20-21(13-23(28)31-24(16)20)19-8-4-3-5-9-19/h3-14,17H,15H2,1-2H3,(H,27,29)/t17-/m0/s1. The number of fused-ring (bicyclic) bond motifs is 1. The van der Waals surface area contributed by atoms with E-state index in [0.29, 0.717) is 23.4 Å². The summed E-state index contributed by atoms with van der Waals surface area (Å²) in [5.74, 6) is 0.243. The number of pyridine rings is 1. The lowest BCUT2D eigenvalue weighted by atomic mass is 10.00. The largest absolute Gasteiger partial charge is 0.480 e. The van der Waals surface area contributed by atoms with Crippen LogP contribution in [0.15, 0.2) is 82.3 Å². The zero-order valence-corrected chi connectivity index (χ0v) is 17.3. The Kier molecular flexibility index (Phi) is 5.80. The Balaban J connectivity index is 1.58. The molecule has 2 aromatic carbocycles. The van der Waals surface area contributed by atoms with Crippen molar-refractivity contribution in [2.45, 2.75) is 26.5 Å². The zero-order chi connectivity index (χ0) is 21.8.